The van der Waals surface area contributed by atoms with Gasteiger partial charge in [0, 0.05) is 0 Å². The van der Waals surface area contributed by atoms with Crippen LogP contribution in [0.1, 0.15) is 0 Å². The van der Waals surface area contributed by atoms with Crippen LogP contribution in [0, 0.1) is 0 Å². The summed E-state index contributed by atoms with van der Waals surface area (Å²) in [6, 6.07) is 0. The molecule has 0 bridgehead atoms. The fourth-order valence-corrected chi connectivity index (χ4v) is 0. The zero-order valence-electron chi connectivity index (χ0n) is 3.49. The van der Waals surface area contributed by atoms with Crippen molar-refractivity contribution in [3.63, 3.8) is 0 Å². The SMILES string of the molecule is O=P([O-])([O-])[O-].[O-2].[Ti+4].[Ti+4]. The van der Waals surface area contributed by atoms with E-state index in [9.17, 15) is 0 Å². The third kappa shape index (κ3) is 141. The maximum atomic E-state index is 8.55. The molecule has 0 aromatic heterocycles. The molecule has 0 atom stereocenters. The zero-order chi connectivity index (χ0) is 4.50. The molecule has 0 aromatic rings. The van der Waals surface area contributed by atoms with E-state index in [1.165, 1.54) is 0 Å². The molecule has 0 N–H and O–H groups in total. The topological polar surface area (TPSA) is 115 Å². The molecule has 0 radical (unpaired) electrons. The van der Waals surface area contributed by atoms with Gasteiger partial charge in [0.25, 0.3) is 0 Å². The Morgan fingerprint density at radius 3 is 1.00 bits per heavy atom. The maximum Gasteiger partial charge on any atom is 4.00 e. The average molecular weight is 207 g/mol. The van der Waals surface area contributed by atoms with Crippen LogP contribution < -0.4 is 14.7 Å². The Kier molecular flexibility index (Phi) is 24.1. The van der Waals surface area contributed by atoms with E-state index in [1.54, 1.807) is 0 Å². The van der Waals surface area contributed by atoms with Gasteiger partial charge < -0.3 is 24.7 Å². The molecule has 5 nitrogen and oxygen atoms in total. The molecule has 0 aliphatic rings. The van der Waals surface area contributed by atoms with E-state index >= 15 is 0 Å². The van der Waals surface area contributed by atoms with E-state index in [1.807, 2.05) is 0 Å². The van der Waals surface area contributed by atoms with Crippen LogP contribution >= 0.6 is 7.82 Å². The van der Waals surface area contributed by atoms with Crippen molar-refractivity contribution in [2.75, 3.05) is 0 Å². The first-order valence-corrected chi connectivity index (χ1v) is 2.19. The molecule has 0 unspecified atom stereocenters. The zero-order valence-corrected chi connectivity index (χ0v) is 7.51. The normalized spacial score (nSPS) is 7.38. The molecule has 0 saturated heterocycles. The fraction of sp³-hybridized carbons (Fsp3) is 0. The van der Waals surface area contributed by atoms with Crippen molar-refractivity contribution in [2.24, 2.45) is 0 Å². The van der Waals surface area contributed by atoms with Gasteiger partial charge in [-0.05, 0) is 0 Å². The van der Waals surface area contributed by atoms with Crippen LogP contribution in [0.2, 0.25) is 0 Å². The molecule has 40 valence electrons. The van der Waals surface area contributed by atoms with E-state index in [4.69, 9.17) is 19.2 Å². The van der Waals surface area contributed by atoms with E-state index in [2.05, 4.69) is 0 Å². The maximum absolute atomic E-state index is 8.55. The summed E-state index contributed by atoms with van der Waals surface area (Å²) in [6.45, 7) is 0. The molecule has 8 heteroatoms. The predicted molar refractivity (Wildman–Crippen MR) is 8.29 cm³/mol. The van der Waals surface area contributed by atoms with Gasteiger partial charge in [0.2, 0.25) is 0 Å². The van der Waals surface area contributed by atoms with Crippen molar-refractivity contribution in [1.82, 2.24) is 0 Å². The summed E-state index contributed by atoms with van der Waals surface area (Å²) in [6.07, 6.45) is 0. The molecule has 0 saturated carbocycles. The summed E-state index contributed by atoms with van der Waals surface area (Å²) >= 11 is 0. The molecule has 0 aliphatic carbocycles. The minimum absolute atomic E-state index is 0. The minimum Gasteiger partial charge on any atom is -2.00 e. The van der Waals surface area contributed by atoms with Crippen LogP contribution in [-0.4, -0.2) is 0 Å². The van der Waals surface area contributed by atoms with Gasteiger partial charge in [0.15, 0.2) is 0 Å². The Balaban J connectivity index is -0.0000000267. The van der Waals surface area contributed by atoms with Crippen LogP contribution in [0.4, 0.5) is 0 Å². The van der Waals surface area contributed by atoms with E-state index < -0.39 is 7.82 Å². The molecule has 0 spiro atoms. The number of hydrogen-bond acceptors (Lipinski definition) is 4. The number of hydrogen-bond donors (Lipinski definition) is 0. The van der Waals surface area contributed by atoms with Crippen LogP contribution in [0.5, 0.6) is 0 Å². The van der Waals surface area contributed by atoms with E-state index in [0.717, 1.165) is 0 Å². The summed E-state index contributed by atoms with van der Waals surface area (Å²) < 4.78 is 8.55. The summed E-state index contributed by atoms with van der Waals surface area (Å²) in [7, 11) is -5.39. The monoisotopic (exact) mass is 207 g/mol. The third-order valence-corrected chi connectivity index (χ3v) is 0. The first-order valence-electron chi connectivity index (χ1n) is 0.730. The standard InChI is InChI=1S/H3O4P.O.2Ti/c1-5(2,3)4;;;/h(H3,1,2,3,4);;;/q;-2;2*+4/p-3. The Morgan fingerprint density at radius 1 is 1.00 bits per heavy atom. The first-order chi connectivity index (χ1) is 2.00. The molecular formula is O5PTi2+3. The molecule has 0 fully saturated rings. The fourth-order valence-electron chi connectivity index (χ4n) is 0. The number of phosphoric acid groups is 1. The Morgan fingerprint density at radius 2 is 1.00 bits per heavy atom. The summed E-state index contributed by atoms with van der Waals surface area (Å²) in [4.78, 5) is 25.6. The number of rotatable bonds is 0. The minimum atomic E-state index is -5.39. The second-order valence-electron chi connectivity index (χ2n) is 0.447. The molecule has 0 amide bonds. The second kappa shape index (κ2) is 8.50. The van der Waals surface area contributed by atoms with Gasteiger partial charge in [0.05, 0.1) is 0 Å². The van der Waals surface area contributed by atoms with Gasteiger partial charge in [-0.2, -0.15) is 7.82 Å². The molecule has 8 heavy (non-hydrogen) atoms. The van der Waals surface area contributed by atoms with Crippen molar-refractivity contribution in [2.45, 2.75) is 0 Å². The van der Waals surface area contributed by atoms with E-state index in [0.29, 0.717) is 0 Å². The van der Waals surface area contributed by atoms with Crippen molar-refractivity contribution in [1.29, 1.82) is 0 Å². The molecule has 0 aromatic carbocycles. The van der Waals surface area contributed by atoms with E-state index in [-0.39, 0.29) is 48.9 Å². The molecule has 0 aliphatic heterocycles. The van der Waals surface area contributed by atoms with Crippen molar-refractivity contribution in [3.8, 4) is 0 Å². The van der Waals surface area contributed by atoms with Crippen LogP contribution in [0.15, 0.2) is 0 Å². The van der Waals surface area contributed by atoms with Gasteiger partial charge in [-0.25, -0.2) is 0 Å². The smallest absolute Gasteiger partial charge is 2.00 e. The average Bonchev–Trinajstić information content (AvgIpc) is 0.722. The van der Waals surface area contributed by atoms with Gasteiger partial charge in [-0.1, -0.05) is 0 Å². The molecule has 0 heterocycles. The van der Waals surface area contributed by atoms with Gasteiger partial charge in [-0.15, -0.1) is 0 Å². The molecular weight excluding hydrogens is 207 g/mol. The first kappa shape index (κ1) is 22.7. The van der Waals surface area contributed by atoms with Crippen LogP contribution in [-0.2, 0) is 53.5 Å². The van der Waals surface area contributed by atoms with Gasteiger partial charge in [-0.3, -0.25) is 0 Å². The van der Waals surface area contributed by atoms with Crippen molar-refractivity contribution in [3.05, 3.63) is 0 Å². The van der Waals surface area contributed by atoms with Crippen molar-refractivity contribution >= 4 is 7.82 Å². The second-order valence-corrected chi connectivity index (χ2v) is 1.34. The Hall–Kier alpha value is 1.50. The third-order valence-electron chi connectivity index (χ3n) is 0. The quantitative estimate of drug-likeness (QED) is 0.311. The summed E-state index contributed by atoms with van der Waals surface area (Å²) in [5.41, 5.74) is 0. The van der Waals surface area contributed by atoms with Gasteiger partial charge >= 0.3 is 43.4 Å². The largest absolute Gasteiger partial charge is 4.00 e. The predicted octanol–water partition coefficient (Wildman–Crippen LogP) is -2.95. The Labute approximate surface area is 75.8 Å². The summed E-state index contributed by atoms with van der Waals surface area (Å²) in [5.74, 6) is 0. The Bertz CT molecular complexity index is 56.6. The molecule has 0 rings (SSSR count). The van der Waals surface area contributed by atoms with Crippen LogP contribution in [0.3, 0.4) is 0 Å². The van der Waals surface area contributed by atoms with Crippen LogP contribution in [0.25, 0.3) is 0 Å². The summed E-state index contributed by atoms with van der Waals surface area (Å²) in [5, 5.41) is 0. The van der Waals surface area contributed by atoms with Gasteiger partial charge in [0.1, 0.15) is 0 Å². The van der Waals surface area contributed by atoms with Crippen molar-refractivity contribution < 1.29 is 68.2 Å².